The standard InChI is InChI=1S/C22H28N4O6S/c1-16(2)21(25-10-12-32-13-11-25)15-23-22(27)19-8-3-4-9-20(19)24-33(30,31)18-7-5-6-17(14-18)26(28)29/h3-9,14,16,21,24H,10-13,15H2,1-2H3,(H,23,27). The number of morpholine rings is 1. The number of hydrogen-bond donors (Lipinski definition) is 2. The molecule has 0 radical (unpaired) electrons. The molecule has 0 aromatic heterocycles. The normalized spacial score (nSPS) is 15.7. The molecule has 33 heavy (non-hydrogen) atoms. The van der Waals surface area contributed by atoms with Crippen molar-refractivity contribution in [3.63, 3.8) is 0 Å². The summed E-state index contributed by atoms with van der Waals surface area (Å²) in [6.45, 7) is 7.47. The highest BCUT2D eigenvalue weighted by atomic mass is 32.2. The van der Waals surface area contributed by atoms with Gasteiger partial charge in [0.25, 0.3) is 21.6 Å². The van der Waals surface area contributed by atoms with Crippen molar-refractivity contribution in [3.8, 4) is 0 Å². The lowest BCUT2D eigenvalue weighted by Crippen LogP contribution is -2.51. The second-order valence-corrected chi connectivity index (χ2v) is 9.76. The van der Waals surface area contributed by atoms with Crippen LogP contribution in [-0.4, -0.2) is 63.0 Å². The van der Waals surface area contributed by atoms with Crippen LogP contribution < -0.4 is 10.0 Å². The maximum absolute atomic E-state index is 13.0. The Labute approximate surface area is 193 Å². The zero-order chi connectivity index (χ0) is 24.0. The topological polar surface area (TPSA) is 131 Å². The number of rotatable bonds is 9. The quantitative estimate of drug-likeness (QED) is 0.420. The lowest BCUT2D eigenvalue weighted by Gasteiger charge is -2.37. The molecule has 0 spiro atoms. The smallest absolute Gasteiger partial charge is 0.270 e. The minimum absolute atomic E-state index is 0.0916. The fraction of sp³-hybridized carbons (Fsp3) is 0.409. The number of anilines is 1. The van der Waals surface area contributed by atoms with Crippen LogP contribution in [-0.2, 0) is 14.8 Å². The van der Waals surface area contributed by atoms with Gasteiger partial charge in [0.05, 0.1) is 34.3 Å². The molecular formula is C22H28N4O6S. The zero-order valence-corrected chi connectivity index (χ0v) is 19.4. The molecule has 1 aliphatic rings. The van der Waals surface area contributed by atoms with Gasteiger partial charge in [-0.2, -0.15) is 0 Å². The van der Waals surface area contributed by atoms with E-state index in [1.807, 2.05) is 0 Å². The number of nitro benzene ring substituents is 1. The highest BCUT2D eigenvalue weighted by Crippen LogP contribution is 2.23. The average Bonchev–Trinajstić information content (AvgIpc) is 2.79. The van der Waals surface area contributed by atoms with Gasteiger partial charge in [-0.15, -0.1) is 0 Å². The van der Waals surface area contributed by atoms with E-state index in [0.29, 0.717) is 25.7 Å². The molecule has 2 aromatic rings. The minimum atomic E-state index is -4.14. The van der Waals surface area contributed by atoms with E-state index in [9.17, 15) is 23.3 Å². The van der Waals surface area contributed by atoms with Gasteiger partial charge < -0.3 is 10.1 Å². The van der Waals surface area contributed by atoms with Crippen LogP contribution in [0.15, 0.2) is 53.4 Å². The molecular weight excluding hydrogens is 448 g/mol. The molecule has 1 saturated heterocycles. The fourth-order valence-corrected chi connectivity index (χ4v) is 4.85. The Hall–Kier alpha value is -3.02. The molecule has 1 fully saturated rings. The van der Waals surface area contributed by atoms with E-state index < -0.39 is 20.9 Å². The molecule has 0 bridgehead atoms. The van der Waals surface area contributed by atoms with Gasteiger partial charge >= 0.3 is 0 Å². The van der Waals surface area contributed by atoms with Crippen molar-refractivity contribution in [3.05, 3.63) is 64.2 Å². The summed E-state index contributed by atoms with van der Waals surface area (Å²) in [4.78, 5) is 25.3. The Morgan fingerprint density at radius 3 is 2.52 bits per heavy atom. The van der Waals surface area contributed by atoms with Crippen LogP contribution in [0.3, 0.4) is 0 Å². The first-order valence-electron chi connectivity index (χ1n) is 10.7. The Kier molecular flexibility index (Phi) is 8.01. The molecule has 178 valence electrons. The molecule has 0 saturated carbocycles. The number of non-ortho nitro benzene ring substituents is 1. The van der Waals surface area contributed by atoms with E-state index in [1.165, 1.54) is 30.3 Å². The highest BCUT2D eigenvalue weighted by Gasteiger charge is 2.25. The summed E-state index contributed by atoms with van der Waals surface area (Å²) in [5.74, 6) is -0.114. The Balaban J connectivity index is 1.76. The zero-order valence-electron chi connectivity index (χ0n) is 18.6. The number of hydrogen-bond acceptors (Lipinski definition) is 7. The molecule has 11 heteroatoms. The molecule has 1 amide bonds. The number of nitrogens with one attached hydrogen (secondary N) is 2. The molecule has 1 atom stereocenters. The third kappa shape index (κ3) is 6.28. The Morgan fingerprint density at radius 1 is 1.15 bits per heavy atom. The number of benzene rings is 2. The van der Waals surface area contributed by atoms with Gasteiger partial charge in [-0.25, -0.2) is 8.42 Å². The van der Waals surface area contributed by atoms with Gasteiger partial charge in [-0.3, -0.25) is 24.5 Å². The van der Waals surface area contributed by atoms with Gasteiger partial charge in [-0.1, -0.05) is 32.0 Å². The van der Waals surface area contributed by atoms with Gasteiger partial charge in [-0.05, 0) is 24.1 Å². The summed E-state index contributed by atoms with van der Waals surface area (Å²) in [7, 11) is -4.14. The molecule has 2 N–H and O–H groups in total. The first-order valence-corrected chi connectivity index (χ1v) is 12.1. The summed E-state index contributed by atoms with van der Waals surface area (Å²) < 4.78 is 33.5. The van der Waals surface area contributed by atoms with E-state index >= 15 is 0 Å². The number of carbonyl (C=O) groups excluding carboxylic acids is 1. The van der Waals surface area contributed by atoms with Gasteiger partial charge in [0.15, 0.2) is 0 Å². The number of sulfonamides is 1. The molecule has 10 nitrogen and oxygen atoms in total. The van der Waals surface area contributed by atoms with E-state index in [1.54, 1.807) is 12.1 Å². The summed E-state index contributed by atoms with van der Waals surface area (Å²) >= 11 is 0. The molecule has 1 unspecified atom stereocenters. The summed E-state index contributed by atoms with van der Waals surface area (Å²) in [5.41, 5.74) is -0.0864. The third-order valence-corrected chi connectivity index (χ3v) is 6.87. The summed E-state index contributed by atoms with van der Waals surface area (Å²) in [5, 5.41) is 13.9. The maximum atomic E-state index is 13.0. The van der Waals surface area contributed by atoms with E-state index in [-0.39, 0.29) is 27.9 Å². The number of carbonyl (C=O) groups is 1. The van der Waals surface area contributed by atoms with Crippen molar-refractivity contribution in [1.29, 1.82) is 0 Å². The van der Waals surface area contributed by atoms with E-state index in [0.717, 1.165) is 19.2 Å². The Bertz CT molecular complexity index is 1100. The van der Waals surface area contributed by atoms with Crippen LogP contribution in [0.1, 0.15) is 24.2 Å². The van der Waals surface area contributed by atoms with Gasteiger partial charge in [0.2, 0.25) is 0 Å². The van der Waals surface area contributed by atoms with Crippen molar-refractivity contribution in [2.24, 2.45) is 5.92 Å². The van der Waals surface area contributed by atoms with Crippen LogP contribution >= 0.6 is 0 Å². The largest absolute Gasteiger partial charge is 0.379 e. The fourth-order valence-electron chi connectivity index (χ4n) is 3.73. The van der Waals surface area contributed by atoms with Crippen LogP contribution in [0.4, 0.5) is 11.4 Å². The molecule has 1 heterocycles. The second-order valence-electron chi connectivity index (χ2n) is 8.08. The molecule has 0 aliphatic carbocycles. The van der Waals surface area contributed by atoms with Crippen molar-refractivity contribution < 1.29 is 22.9 Å². The molecule has 1 aliphatic heterocycles. The first kappa shape index (κ1) is 24.6. The third-order valence-electron chi connectivity index (χ3n) is 5.51. The van der Waals surface area contributed by atoms with E-state index in [4.69, 9.17) is 4.74 Å². The van der Waals surface area contributed by atoms with Gasteiger partial charge in [0.1, 0.15) is 0 Å². The van der Waals surface area contributed by atoms with Crippen LogP contribution in [0.2, 0.25) is 0 Å². The van der Waals surface area contributed by atoms with Crippen molar-refractivity contribution >= 4 is 27.3 Å². The van der Waals surface area contributed by atoms with Crippen LogP contribution in [0.5, 0.6) is 0 Å². The van der Waals surface area contributed by atoms with Crippen molar-refractivity contribution in [2.45, 2.75) is 24.8 Å². The number of para-hydroxylation sites is 1. The summed E-state index contributed by atoms with van der Waals surface area (Å²) in [6, 6.07) is 11.1. The van der Waals surface area contributed by atoms with Crippen LogP contribution in [0, 0.1) is 16.0 Å². The SMILES string of the molecule is CC(C)C(CNC(=O)c1ccccc1NS(=O)(=O)c1cccc([N+](=O)[O-])c1)N1CCOCC1. The maximum Gasteiger partial charge on any atom is 0.270 e. The predicted molar refractivity (Wildman–Crippen MR) is 124 cm³/mol. The molecule has 3 rings (SSSR count). The molecule has 2 aromatic carbocycles. The Morgan fingerprint density at radius 2 is 1.85 bits per heavy atom. The summed E-state index contributed by atoms with van der Waals surface area (Å²) in [6.07, 6.45) is 0. The van der Waals surface area contributed by atoms with Crippen molar-refractivity contribution in [1.82, 2.24) is 10.2 Å². The monoisotopic (exact) mass is 476 g/mol. The minimum Gasteiger partial charge on any atom is -0.379 e. The lowest BCUT2D eigenvalue weighted by atomic mass is 10.0. The number of nitrogens with zero attached hydrogens (tertiary/aromatic N) is 2. The predicted octanol–water partition coefficient (Wildman–Crippen LogP) is 2.48. The number of nitro groups is 1. The average molecular weight is 477 g/mol. The number of ether oxygens (including phenoxy) is 1. The second kappa shape index (κ2) is 10.7. The lowest BCUT2D eigenvalue weighted by molar-refractivity contribution is -0.385. The van der Waals surface area contributed by atoms with Crippen LogP contribution in [0.25, 0.3) is 0 Å². The van der Waals surface area contributed by atoms with E-state index in [2.05, 4.69) is 28.8 Å². The van der Waals surface area contributed by atoms with Gasteiger partial charge in [0, 0.05) is 37.8 Å². The number of amides is 1. The van der Waals surface area contributed by atoms with Crippen molar-refractivity contribution in [2.75, 3.05) is 37.6 Å². The highest BCUT2D eigenvalue weighted by molar-refractivity contribution is 7.92. The first-order chi connectivity index (χ1) is 15.7.